The number of nitrogens with zero attached hydrogens (tertiary/aromatic N) is 5. The Kier molecular flexibility index (Phi) is 27.7. The van der Waals surface area contributed by atoms with E-state index in [1.54, 1.807) is 52.5 Å². The van der Waals surface area contributed by atoms with Crippen LogP contribution in [0.2, 0.25) is 0 Å². The van der Waals surface area contributed by atoms with Gasteiger partial charge in [-0.05, 0) is 62.1 Å². The van der Waals surface area contributed by atoms with Crippen LogP contribution in [0.1, 0.15) is 59.5 Å². The molecule has 1 heterocycles. The summed E-state index contributed by atoms with van der Waals surface area (Å²) in [5, 5.41) is 34.1. The number of guanidine groups is 2. The van der Waals surface area contributed by atoms with Gasteiger partial charge in [-0.3, -0.25) is 44.1 Å². The van der Waals surface area contributed by atoms with E-state index in [4.69, 9.17) is 11.5 Å². The number of hydrogen-bond donors (Lipinski definition) is 10. The van der Waals surface area contributed by atoms with Crippen molar-refractivity contribution < 1.29 is 33.6 Å². The minimum atomic E-state index is -0.608. The Bertz CT molecular complexity index is 2390. The fourth-order valence-corrected chi connectivity index (χ4v) is 8.71. The van der Waals surface area contributed by atoms with E-state index < -0.39 is 16.7 Å². The minimum Gasteiger partial charge on any atom is -0.429 e. The topological polar surface area (TPSA) is 336 Å². The number of rotatable bonds is 25. The molecule has 0 aliphatic heterocycles. The molecule has 4 aromatic rings. The predicted molar refractivity (Wildman–Crippen MR) is 291 cm³/mol. The number of ether oxygens (including phenoxy) is 1. The van der Waals surface area contributed by atoms with Gasteiger partial charge in [0.15, 0.2) is 11.9 Å². The van der Waals surface area contributed by atoms with Gasteiger partial charge in [0.05, 0.1) is 37.5 Å². The molecule has 27 heteroatoms. The van der Waals surface area contributed by atoms with Gasteiger partial charge in [0.25, 0.3) is 24.0 Å². The van der Waals surface area contributed by atoms with E-state index in [-0.39, 0.29) is 54.0 Å². The number of thioether (sulfide) groups is 2. The number of benzene rings is 3. The summed E-state index contributed by atoms with van der Waals surface area (Å²) >= 11 is 9.76. The molecule has 0 aliphatic carbocycles. The number of hydrogen-bond acceptors (Lipinski definition) is 16. The van der Waals surface area contributed by atoms with Crippen molar-refractivity contribution in [3.63, 3.8) is 0 Å². The molecule has 0 aliphatic rings. The normalized spacial score (nSPS) is 11.0. The van der Waals surface area contributed by atoms with Crippen LogP contribution in [-0.2, 0) is 14.4 Å². The molecular weight excluding hydrogens is 1100 g/mol. The number of amides is 4. The number of carbonyl (C=O) groups excluding carboxylic acids is 5. The number of non-ortho nitro benzene ring substituents is 1. The van der Waals surface area contributed by atoms with E-state index in [9.17, 15) is 34.1 Å². The van der Waals surface area contributed by atoms with Crippen LogP contribution in [-0.4, -0.2) is 123 Å². The number of halogens is 2. The van der Waals surface area contributed by atoms with Gasteiger partial charge in [-0.25, -0.2) is 9.97 Å². The zero-order chi connectivity index (χ0) is 52.8. The molecule has 0 saturated carbocycles. The molecule has 0 unspecified atom stereocenters. The molecule has 72 heavy (non-hydrogen) atoms. The van der Waals surface area contributed by atoms with Crippen molar-refractivity contribution >= 4 is 126 Å². The summed E-state index contributed by atoms with van der Waals surface area (Å²) in [6.45, 7) is 2.30. The number of aromatic nitrogens is 2. The minimum absolute atomic E-state index is 0.0340. The largest absolute Gasteiger partial charge is 0.429 e. The number of carbonyl (C=O) groups is 5. The molecule has 1 aromatic heterocycles. The van der Waals surface area contributed by atoms with Crippen molar-refractivity contribution in [3.05, 3.63) is 91.4 Å². The van der Waals surface area contributed by atoms with Crippen LogP contribution < -0.4 is 58.7 Å². The molecule has 0 bridgehead atoms. The van der Waals surface area contributed by atoms with Crippen LogP contribution >= 0.6 is 55.4 Å². The number of nitro groups is 1. The lowest BCUT2D eigenvalue weighted by Gasteiger charge is -2.17. The summed E-state index contributed by atoms with van der Waals surface area (Å²) in [6, 6.07) is 13.5. The Morgan fingerprint density at radius 3 is 1.47 bits per heavy atom. The molecule has 0 spiro atoms. The van der Waals surface area contributed by atoms with E-state index in [0.29, 0.717) is 104 Å². The molecule has 4 rings (SSSR count). The fraction of sp³-hybridized carbons (Fsp3) is 0.356. The zero-order valence-electron chi connectivity index (χ0n) is 40.1. The molecule has 388 valence electrons. The molecular formula is C45H59Br2N15O8S2. The maximum absolute atomic E-state index is 13.7. The first-order chi connectivity index (χ1) is 34.7. The van der Waals surface area contributed by atoms with Crippen LogP contribution in [0.4, 0.5) is 28.4 Å². The van der Waals surface area contributed by atoms with E-state index >= 15 is 0 Å². The monoisotopic (exact) mass is 1160 g/mol. The highest BCUT2D eigenvalue weighted by Gasteiger charge is 2.21. The van der Waals surface area contributed by atoms with Crippen molar-refractivity contribution in [2.24, 2.45) is 21.5 Å². The highest BCUT2D eigenvalue weighted by atomic mass is 79.9. The Balaban J connectivity index is 0.000000993. The second kappa shape index (κ2) is 33.3. The van der Waals surface area contributed by atoms with Gasteiger partial charge in [-0.1, -0.05) is 31.9 Å². The molecule has 0 atom stereocenters. The molecule has 0 fully saturated rings. The van der Waals surface area contributed by atoms with Crippen LogP contribution in [0.15, 0.2) is 89.6 Å². The third kappa shape index (κ3) is 21.1. The van der Waals surface area contributed by atoms with E-state index in [2.05, 4.69) is 99.1 Å². The lowest BCUT2D eigenvalue weighted by molar-refractivity contribution is -0.384. The van der Waals surface area contributed by atoms with Crippen molar-refractivity contribution in [1.29, 1.82) is 0 Å². The zero-order valence-corrected chi connectivity index (χ0v) is 44.9. The number of nitrogens with one attached hydrogen (secondary N) is 8. The maximum Gasteiger partial charge on any atom is 0.298 e. The smallest absolute Gasteiger partial charge is 0.298 e. The number of nitro benzene ring substituents is 1. The first kappa shape index (κ1) is 59.9. The number of anilines is 4. The SMILES string of the molecule is CN=C(NC)NCCCCC(=O)Nc1cc(Br)cc(NC(=O)c2cc(C(=O)Nc3cc(Br)cc(NC(=O)CCCCNC(=NC)NC)c3SCCN)ncn2)c1SCCN.O=COc1ccc([N+](=O)[O-])cc1. The lowest BCUT2D eigenvalue weighted by atomic mass is 10.2. The highest BCUT2D eigenvalue weighted by molar-refractivity contribution is 9.10. The van der Waals surface area contributed by atoms with Gasteiger partial charge >= 0.3 is 0 Å². The third-order valence-corrected chi connectivity index (χ3v) is 12.7. The summed E-state index contributed by atoms with van der Waals surface area (Å²) in [6.07, 6.45) is 4.51. The standard InChI is InChI=1S/C38H54Br2N14O4S2.C7H5NO4/c1-43-37(44-2)47-13-7-5-9-31(55)51-25-17-23(39)19-27(33(25)59-15-11-41)53-35(57)29-21-30(50-22-49-29)36(58)54-28-20-24(40)18-26(34(28)60-16-12-42)52-32(56)10-6-8-14-48-38(45-3)46-4;9-5-12-7-3-1-6(2-4-7)8(10)11/h17-22H,5-16,41-42H2,1-4H3,(H,51,55)(H,52,56)(H,53,57)(H,54,58)(H2,43,44,47)(H2,45,46,48);1-5H. The summed E-state index contributed by atoms with van der Waals surface area (Å²) in [4.78, 5) is 90.5. The Morgan fingerprint density at radius 1 is 0.694 bits per heavy atom. The van der Waals surface area contributed by atoms with Gasteiger partial charge in [-0.15, -0.1) is 23.5 Å². The van der Waals surface area contributed by atoms with E-state index in [1.807, 2.05) is 0 Å². The van der Waals surface area contributed by atoms with Crippen LogP contribution in [0.5, 0.6) is 5.75 Å². The van der Waals surface area contributed by atoms with E-state index in [0.717, 1.165) is 19.2 Å². The Labute approximate surface area is 442 Å². The van der Waals surface area contributed by atoms with Gasteiger partial charge in [0, 0.05) is 106 Å². The van der Waals surface area contributed by atoms with E-state index in [1.165, 1.54) is 53.9 Å². The summed E-state index contributed by atoms with van der Waals surface area (Å²) < 4.78 is 5.66. The molecule has 4 amide bonds. The average molecular weight is 1160 g/mol. The summed E-state index contributed by atoms with van der Waals surface area (Å²) in [5.41, 5.74) is 13.3. The predicted octanol–water partition coefficient (Wildman–Crippen LogP) is 5.55. The highest BCUT2D eigenvalue weighted by Crippen LogP contribution is 2.39. The van der Waals surface area contributed by atoms with Gasteiger partial charge in [0.2, 0.25) is 11.8 Å². The number of aliphatic imine (C=N–C) groups is 2. The molecule has 3 aromatic carbocycles. The van der Waals surface area contributed by atoms with Crippen molar-refractivity contribution in [2.75, 3.05) is 87.1 Å². The second-order valence-corrected chi connectivity index (χ2v) is 18.6. The van der Waals surface area contributed by atoms with Crippen molar-refractivity contribution in [1.82, 2.24) is 31.2 Å². The van der Waals surface area contributed by atoms with Crippen molar-refractivity contribution in [3.8, 4) is 5.75 Å². The summed E-state index contributed by atoms with van der Waals surface area (Å²) in [5.74, 6) is 1.09. The molecule has 23 nitrogen and oxygen atoms in total. The van der Waals surface area contributed by atoms with Crippen LogP contribution in [0.25, 0.3) is 0 Å². The van der Waals surface area contributed by atoms with Gasteiger partial charge in [0.1, 0.15) is 23.5 Å². The second-order valence-electron chi connectivity index (χ2n) is 14.6. The maximum atomic E-state index is 13.7. The molecule has 12 N–H and O–H groups in total. The first-order valence-electron chi connectivity index (χ1n) is 22.2. The number of nitrogens with two attached hydrogens (primary N) is 2. The number of unbranched alkanes of at least 4 members (excludes halogenated alkanes) is 2. The Morgan fingerprint density at radius 2 is 1.11 bits per heavy atom. The summed E-state index contributed by atoms with van der Waals surface area (Å²) in [7, 11) is 6.93. The first-order valence-corrected chi connectivity index (χ1v) is 25.7. The van der Waals surface area contributed by atoms with Crippen LogP contribution in [0, 0.1) is 10.1 Å². The van der Waals surface area contributed by atoms with Gasteiger partial charge in [-0.2, -0.15) is 0 Å². The molecule has 0 radical (unpaired) electrons. The molecule has 0 saturated heterocycles. The lowest BCUT2D eigenvalue weighted by Crippen LogP contribution is -2.35. The quantitative estimate of drug-likeness (QED) is 0.00740. The fourth-order valence-electron chi connectivity index (χ4n) is 6.09. The van der Waals surface area contributed by atoms with Crippen molar-refractivity contribution in [2.45, 2.75) is 48.3 Å². The van der Waals surface area contributed by atoms with Crippen LogP contribution in [0.3, 0.4) is 0 Å². The van der Waals surface area contributed by atoms with Gasteiger partial charge < -0.3 is 58.7 Å². The Hall–Kier alpha value is -6.39. The third-order valence-electron chi connectivity index (χ3n) is 9.41. The average Bonchev–Trinajstić information content (AvgIpc) is 3.36.